The van der Waals surface area contributed by atoms with Crippen LogP contribution in [0.5, 0.6) is 0 Å². The van der Waals surface area contributed by atoms with Gasteiger partial charge in [-0.15, -0.1) is 0 Å². The third-order valence-corrected chi connectivity index (χ3v) is 2.56. The number of aromatic nitrogens is 1. The standard InChI is InChI=1S/C10H4BrFN2/c11-9-2-1-7-6(3-13)4-14-5-8(7)10(9)12/h1-2,4-5H. The zero-order chi connectivity index (χ0) is 10.1. The molecular weight excluding hydrogens is 247 g/mol. The van der Waals surface area contributed by atoms with Crippen molar-refractivity contribution in [3.63, 3.8) is 0 Å². The largest absolute Gasteiger partial charge is 0.263 e. The minimum Gasteiger partial charge on any atom is -0.263 e. The molecule has 0 aliphatic heterocycles. The number of hydrogen-bond acceptors (Lipinski definition) is 2. The molecular formula is C10H4BrFN2. The van der Waals surface area contributed by atoms with Crippen molar-refractivity contribution in [2.24, 2.45) is 0 Å². The lowest BCUT2D eigenvalue weighted by Gasteiger charge is -2.01. The van der Waals surface area contributed by atoms with Gasteiger partial charge in [0, 0.05) is 23.2 Å². The van der Waals surface area contributed by atoms with Gasteiger partial charge in [-0.05, 0) is 22.0 Å². The van der Waals surface area contributed by atoms with Crippen molar-refractivity contribution in [1.29, 1.82) is 5.26 Å². The van der Waals surface area contributed by atoms with Crippen molar-refractivity contribution in [2.45, 2.75) is 0 Å². The molecule has 0 unspecified atom stereocenters. The highest BCUT2D eigenvalue weighted by atomic mass is 79.9. The van der Waals surface area contributed by atoms with Crippen LogP contribution >= 0.6 is 15.9 Å². The Bertz CT molecular complexity index is 546. The first-order chi connectivity index (χ1) is 6.74. The van der Waals surface area contributed by atoms with E-state index in [9.17, 15) is 4.39 Å². The molecule has 2 nitrogen and oxygen atoms in total. The number of nitriles is 1. The molecule has 0 saturated heterocycles. The summed E-state index contributed by atoms with van der Waals surface area (Å²) in [7, 11) is 0. The maximum atomic E-state index is 13.5. The van der Waals surface area contributed by atoms with E-state index in [1.807, 2.05) is 6.07 Å². The van der Waals surface area contributed by atoms with E-state index in [4.69, 9.17) is 5.26 Å². The Balaban J connectivity index is 2.95. The number of nitrogens with zero attached hydrogens (tertiary/aromatic N) is 2. The molecule has 1 aromatic carbocycles. The second-order valence-electron chi connectivity index (χ2n) is 2.76. The lowest BCUT2D eigenvalue weighted by Crippen LogP contribution is -1.87. The topological polar surface area (TPSA) is 36.7 Å². The molecule has 0 aliphatic carbocycles. The van der Waals surface area contributed by atoms with Crippen LogP contribution in [0, 0.1) is 17.1 Å². The first kappa shape index (κ1) is 9.10. The molecule has 2 rings (SSSR count). The van der Waals surface area contributed by atoms with Crippen LogP contribution in [0.15, 0.2) is 29.0 Å². The second-order valence-corrected chi connectivity index (χ2v) is 3.61. The van der Waals surface area contributed by atoms with Gasteiger partial charge in [0.05, 0.1) is 10.0 Å². The van der Waals surface area contributed by atoms with Crippen LogP contribution < -0.4 is 0 Å². The molecule has 1 heterocycles. The van der Waals surface area contributed by atoms with Crippen molar-refractivity contribution >= 4 is 26.7 Å². The number of pyridine rings is 1. The number of rotatable bonds is 0. The Hall–Kier alpha value is -1.47. The van der Waals surface area contributed by atoms with Gasteiger partial charge < -0.3 is 0 Å². The first-order valence-corrected chi connectivity index (χ1v) is 4.65. The lowest BCUT2D eigenvalue weighted by atomic mass is 10.1. The molecule has 0 atom stereocenters. The van der Waals surface area contributed by atoms with Crippen molar-refractivity contribution < 1.29 is 4.39 Å². The van der Waals surface area contributed by atoms with Crippen molar-refractivity contribution in [2.75, 3.05) is 0 Å². The first-order valence-electron chi connectivity index (χ1n) is 3.86. The Labute approximate surface area is 88.1 Å². The minimum atomic E-state index is -0.382. The molecule has 0 radical (unpaired) electrons. The molecule has 0 bridgehead atoms. The summed E-state index contributed by atoms with van der Waals surface area (Å²) < 4.78 is 13.9. The smallest absolute Gasteiger partial charge is 0.146 e. The zero-order valence-electron chi connectivity index (χ0n) is 6.96. The van der Waals surface area contributed by atoms with E-state index in [-0.39, 0.29) is 5.82 Å². The summed E-state index contributed by atoms with van der Waals surface area (Å²) in [5.41, 5.74) is 0.383. The van der Waals surface area contributed by atoms with Crippen molar-refractivity contribution in [3.05, 3.63) is 40.4 Å². The number of benzene rings is 1. The van der Waals surface area contributed by atoms with E-state index in [2.05, 4.69) is 20.9 Å². The summed E-state index contributed by atoms with van der Waals surface area (Å²) in [4.78, 5) is 3.80. The molecule has 0 N–H and O–H groups in total. The summed E-state index contributed by atoms with van der Waals surface area (Å²) in [5, 5.41) is 9.72. The molecule has 1 aromatic heterocycles. The van der Waals surface area contributed by atoms with E-state index >= 15 is 0 Å². The van der Waals surface area contributed by atoms with Gasteiger partial charge in [-0.2, -0.15) is 5.26 Å². The Kier molecular flexibility index (Phi) is 2.18. The third kappa shape index (κ3) is 1.26. The molecule has 0 amide bonds. The van der Waals surface area contributed by atoms with E-state index in [1.165, 1.54) is 12.4 Å². The monoisotopic (exact) mass is 250 g/mol. The zero-order valence-corrected chi connectivity index (χ0v) is 8.55. The maximum Gasteiger partial charge on any atom is 0.146 e. The van der Waals surface area contributed by atoms with Gasteiger partial charge in [-0.3, -0.25) is 4.98 Å². The fourth-order valence-corrected chi connectivity index (χ4v) is 1.62. The van der Waals surface area contributed by atoms with Crippen LogP contribution in [0.25, 0.3) is 10.8 Å². The SMILES string of the molecule is N#Cc1cncc2c(F)c(Br)ccc12. The Morgan fingerprint density at radius 2 is 2.07 bits per heavy atom. The maximum absolute atomic E-state index is 13.5. The molecule has 0 spiro atoms. The number of fused-ring (bicyclic) bond motifs is 1. The molecule has 0 saturated carbocycles. The Morgan fingerprint density at radius 3 is 2.79 bits per heavy atom. The normalized spacial score (nSPS) is 10.1. The highest BCUT2D eigenvalue weighted by Gasteiger charge is 2.07. The average Bonchev–Trinajstić information content (AvgIpc) is 2.23. The summed E-state index contributed by atoms with van der Waals surface area (Å²) in [6, 6.07) is 5.25. The highest BCUT2D eigenvalue weighted by molar-refractivity contribution is 9.10. The highest BCUT2D eigenvalue weighted by Crippen LogP contribution is 2.25. The summed E-state index contributed by atoms with van der Waals surface area (Å²) in [5.74, 6) is -0.382. The van der Waals surface area contributed by atoms with Gasteiger partial charge in [-0.1, -0.05) is 6.07 Å². The Morgan fingerprint density at radius 1 is 1.29 bits per heavy atom. The molecule has 2 aromatic rings. The van der Waals surface area contributed by atoms with Crippen LogP contribution in [0.4, 0.5) is 4.39 Å². The van der Waals surface area contributed by atoms with Gasteiger partial charge in [0.2, 0.25) is 0 Å². The third-order valence-electron chi connectivity index (χ3n) is 1.95. The van der Waals surface area contributed by atoms with Crippen LogP contribution in [-0.4, -0.2) is 4.98 Å². The molecule has 14 heavy (non-hydrogen) atoms. The number of halogens is 2. The number of hydrogen-bond donors (Lipinski definition) is 0. The van der Waals surface area contributed by atoms with Crippen LogP contribution in [-0.2, 0) is 0 Å². The summed E-state index contributed by atoms with van der Waals surface area (Å²) in [6.07, 6.45) is 2.84. The van der Waals surface area contributed by atoms with Gasteiger partial charge >= 0.3 is 0 Å². The van der Waals surface area contributed by atoms with Gasteiger partial charge in [0.15, 0.2) is 0 Å². The predicted octanol–water partition coefficient (Wildman–Crippen LogP) is 3.01. The van der Waals surface area contributed by atoms with Gasteiger partial charge in [0.25, 0.3) is 0 Å². The predicted molar refractivity (Wildman–Crippen MR) is 54.1 cm³/mol. The van der Waals surface area contributed by atoms with Crippen molar-refractivity contribution in [3.8, 4) is 6.07 Å². The fraction of sp³-hybridized carbons (Fsp3) is 0. The average molecular weight is 251 g/mol. The molecule has 0 aliphatic rings. The van der Waals surface area contributed by atoms with E-state index in [1.54, 1.807) is 12.1 Å². The van der Waals surface area contributed by atoms with E-state index in [0.29, 0.717) is 20.8 Å². The van der Waals surface area contributed by atoms with E-state index in [0.717, 1.165) is 0 Å². The molecule has 68 valence electrons. The lowest BCUT2D eigenvalue weighted by molar-refractivity contribution is 0.633. The quantitative estimate of drug-likeness (QED) is 0.721. The van der Waals surface area contributed by atoms with Crippen LogP contribution in [0.1, 0.15) is 5.56 Å². The van der Waals surface area contributed by atoms with Crippen LogP contribution in [0.2, 0.25) is 0 Å². The second kappa shape index (κ2) is 3.35. The summed E-state index contributed by atoms with van der Waals surface area (Å²) >= 11 is 3.08. The van der Waals surface area contributed by atoms with Gasteiger partial charge in [-0.25, -0.2) is 4.39 Å². The van der Waals surface area contributed by atoms with Gasteiger partial charge in [0.1, 0.15) is 11.9 Å². The fourth-order valence-electron chi connectivity index (χ4n) is 1.27. The molecule has 0 fully saturated rings. The molecule has 4 heteroatoms. The van der Waals surface area contributed by atoms with E-state index < -0.39 is 0 Å². The van der Waals surface area contributed by atoms with Crippen molar-refractivity contribution in [1.82, 2.24) is 4.98 Å². The van der Waals surface area contributed by atoms with Crippen LogP contribution in [0.3, 0.4) is 0 Å². The summed E-state index contributed by atoms with van der Waals surface area (Å²) in [6.45, 7) is 0. The minimum absolute atomic E-state index is 0.360.